The number of nitro groups is 1. The fourth-order valence-electron chi connectivity index (χ4n) is 0.843. The minimum atomic E-state index is -0.443. The molecule has 0 radical (unpaired) electrons. The predicted molar refractivity (Wildman–Crippen MR) is 52.4 cm³/mol. The van der Waals surface area contributed by atoms with Crippen LogP contribution in [0, 0.1) is 10.1 Å². The van der Waals surface area contributed by atoms with Crippen molar-refractivity contribution in [2.24, 2.45) is 0 Å². The molecule has 0 heterocycles. The number of benzene rings is 1. The molecular weight excluding hydrogens is 238 g/mol. The molecule has 0 fully saturated rings. The summed E-state index contributed by atoms with van der Waals surface area (Å²) in [4.78, 5) is 9.92. The Morgan fingerprint density at radius 2 is 2.31 bits per heavy atom. The molecule has 0 aliphatic heterocycles. The van der Waals surface area contributed by atoms with Gasteiger partial charge in [-0.05, 0) is 6.07 Å². The largest absolute Gasteiger partial charge is 0.492 e. The highest BCUT2D eigenvalue weighted by Gasteiger charge is 2.05. The molecule has 1 aromatic carbocycles. The van der Waals surface area contributed by atoms with E-state index in [1.165, 1.54) is 12.1 Å². The number of hydrogen-bond acceptors (Lipinski definition) is 3. The summed E-state index contributed by atoms with van der Waals surface area (Å²) >= 11 is 3.20. The molecule has 1 aromatic rings. The van der Waals surface area contributed by atoms with Crippen LogP contribution in [0.1, 0.15) is 0 Å². The zero-order chi connectivity index (χ0) is 9.68. The fraction of sp³-hybridized carbons (Fsp3) is 0.250. The third kappa shape index (κ3) is 3.02. The van der Waals surface area contributed by atoms with E-state index in [0.717, 1.165) is 0 Å². The number of nitro benzene ring substituents is 1. The van der Waals surface area contributed by atoms with Gasteiger partial charge in [0.25, 0.3) is 5.69 Å². The van der Waals surface area contributed by atoms with Crippen LogP contribution < -0.4 is 4.74 Å². The minimum Gasteiger partial charge on any atom is -0.492 e. The molecule has 0 aliphatic carbocycles. The van der Waals surface area contributed by atoms with E-state index in [9.17, 15) is 10.1 Å². The molecule has 4 nitrogen and oxygen atoms in total. The molecule has 0 saturated heterocycles. The van der Waals surface area contributed by atoms with Crippen molar-refractivity contribution in [2.45, 2.75) is 0 Å². The Morgan fingerprint density at radius 3 is 2.92 bits per heavy atom. The van der Waals surface area contributed by atoms with E-state index in [-0.39, 0.29) is 5.69 Å². The summed E-state index contributed by atoms with van der Waals surface area (Å²) in [6, 6.07) is 6.13. The van der Waals surface area contributed by atoms with E-state index in [1.54, 1.807) is 12.1 Å². The van der Waals surface area contributed by atoms with Gasteiger partial charge >= 0.3 is 0 Å². The van der Waals surface area contributed by atoms with Gasteiger partial charge < -0.3 is 4.74 Å². The van der Waals surface area contributed by atoms with Crippen LogP contribution in [-0.4, -0.2) is 16.9 Å². The first kappa shape index (κ1) is 9.98. The third-order valence-corrected chi connectivity index (χ3v) is 1.70. The molecule has 0 bridgehead atoms. The van der Waals surface area contributed by atoms with Crippen molar-refractivity contribution in [3.8, 4) is 5.75 Å². The Balaban J connectivity index is 2.73. The van der Waals surface area contributed by atoms with Crippen molar-refractivity contribution in [2.75, 3.05) is 11.9 Å². The SMILES string of the molecule is O=[N+]([O-])c1cccc(OCCBr)c1. The highest BCUT2D eigenvalue weighted by atomic mass is 79.9. The minimum absolute atomic E-state index is 0.0482. The van der Waals surface area contributed by atoms with Crippen LogP contribution in [0.15, 0.2) is 24.3 Å². The van der Waals surface area contributed by atoms with Crippen LogP contribution >= 0.6 is 15.9 Å². The fourth-order valence-corrected chi connectivity index (χ4v) is 1.01. The Hall–Kier alpha value is -1.10. The van der Waals surface area contributed by atoms with Crippen LogP contribution in [0.25, 0.3) is 0 Å². The number of alkyl halides is 1. The van der Waals surface area contributed by atoms with Crippen molar-refractivity contribution < 1.29 is 9.66 Å². The summed E-state index contributed by atoms with van der Waals surface area (Å²) in [5.74, 6) is 0.522. The van der Waals surface area contributed by atoms with Gasteiger partial charge in [0.2, 0.25) is 0 Å². The molecule has 70 valence electrons. The van der Waals surface area contributed by atoms with Crippen LogP contribution in [0.3, 0.4) is 0 Å². The molecule has 0 saturated carbocycles. The zero-order valence-electron chi connectivity index (χ0n) is 6.77. The highest BCUT2D eigenvalue weighted by molar-refractivity contribution is 9.09. The van der Waals surface area contributed by atoms with Gasteiger partial charge in [-0.15, -0.1) is 0 Å². The second-order valence-corrected chi connectivity index (χ2v) is 3.08. The van der Waals surface area contributed by atoms with Gasteiger partial charge in [-0.2, -0.15) is 0 Å². The molecule has 0 atom stereocenters. The summed E-state index contributed by atoms with van der Waals surface area (Å²) < 4.78 is 5.19. The van der Waals surface area contributed by atoms with Crippen molar-refractivity contribution in [1.82, 2.24) is 0 Å². The maximum Gasteiger partial charge on any atom is 0.273 e. The van der Waals surface area contributed by atoms with Crippen LogP contribution in [0.5, 0.6) is 5.75 Å². The second kappa shape index (κ2) is 4.81. The summed E-state index contributed by atoms with van der Waals surface area (Å²) in [5.41, 5.74) is 0.0482. The normalized spacial score (nSPS) is 9.62. The lowest BCUT2D eigenvalue weighted by Crippen LogP contribution is -1.98. The van der Waals surface area contributed by atoms with Crippen molar-refractivity contribution in [3.63, 3.8) is 0 Å². The Bertz CT molecular complexity index is 303. The molecule has 0 N–H and O–H groups in total. The quantitative estimate of drug-likeness (QED) is 0.465. The average Bonchev–Trinajstić information content (AvgIpc) is 2.15. The Labute approximate surface area is 83.8 Å². The maximum atomic E-state index is 10.4. The van der Waals surface area contributed by atoms with Crippen LogP contribution in [0.2, 0.25) is 0 Å². The second-order valence-electron chi connectivity index (χ2n) is 2.29. The van der Waals surface area contributed by atoms with Gasteiger partial charge in [-0.1, -0.05) is 22.0 Å². The highest BCUT2D eigenvalue weighted by Crippen LogP contribution is 2.18. The number of halogens is 1. The van der Waals surface area contributed by atoms with E-state index in [1.807, 2.05) is 0 Å². The lowest BCUT2D eigenvalue weighted by molar-refractivity contribution is -0.384. The first-order valence-corrected chi connectivity index (χ1v) is 4.79. The first-order chi connectivity index (χ1) is 6.24. The molecule has 0 unspecified atom stereocenters. The smallest absolute Gasteiger partial charge is 0.273 e. The number of rotatable bonds is 4. The molecule has 13 heavy (non-hydrogen) atoms. The lowest BCUT2D eigenvalue weighted by Gasteiger charge is -2.02. The Kier molecular flexibility index (Phi) is 3.70. The number of nitrogens with zero attached hydrogens (tertiary/aromatic N) is 1. The molecule has 0 amide bonds. The van der Waals surface area contributed by atoms with Gasteiger partial charge in [-0.3, -0.25) is 10.1 Å². The first-order valence-electron chi connectivity index (χ1n) is 3.67. The topological polar surface area (TPSA) is 52.4 Å². The van der Waals surface area contributed by atoms with Crippen molar-refractivity contribution >= 4 is 21.6 Å². The van der Waals surface area contributed by atoms with Crippen molar-refractivity contribution in [1.29, 1.82) is 0 Å². The molecule has 0 spiro atoms. The predicted octanol–water partition coefficient (Wildman–Crippen LogP) is 2.37. The van der Waals surface area contributed by atoms with E-state index >= 15 is 0 Å². The van der Waals surface area contributed by atoms with Gasteiger partial charge in [-0.25, -0.2) is 0 Å². The van der Waals surface area contributed by atoms with E-state index in [2.05, 4.69) is 15.9 Å². The van der Waals surface area contributed by atoms with Gasteiger partial charge in [0.15, 0.2) is 0 Å². The van der Waals surface area contributed by atoms with Crippen LogP contribution in [-0.2, 0) is 0 Å². The maximum absolute atomic E-state index is 10.4. The van der Waals surface area contributed by atoms with Crippen LogP contribution in [0.4, 0.5) is 5.69 Å². The standard InChI is InChI=1S/C8H8BrNO3/c9-4-5-13-8-3-1-2-7(6-8)10(11)12/h1-3,6H,4-5H2. The third-order valence-electron chi connectivity index (χ3n) is 1.37. The molecule has 0 aliphatic rings. The molecule has 5 heteroatoms. The summed E-state index contributed by atoms with van der Waals surface area (Å²) in [6.07, 6.45) is 0. The van der Waals surface area contributed by atoms with E-state index in [4.69, 9.17) is 4.74 Å². The summed E-state index contributed by atoms with van der Waals surface area (Å²) in [7, 11) is 0. The van der Waals surface area contributed by atoms with Gasteiger partial charge in [0, 0.05) is 11.4 Å². The molecular formula is C8H8BrNO3. The van der Waals surface area contributed by atoms with Crippen molar-refractivity contribution in [3.05, 3.63) is 34.4 Å². The van der Waals surface area contributed by atoms with Gasteiger partial charge in [0.05, 0.1) is 17.6 Å². The number of hydrogen-bond donors (Lipinski definition) is 0. The lowest BCUT2D eigenvalue weighted by atomic mass is 10.3. The van der Waals surface area contributed by atoms with E-state index in [0.29, 0.717) is 17.7 Å². The van der Waals surface area contributed by atoms with E-state index < -0.39 is 4.92 Å². The molecule has 0 aromatic heterocycles. The summed E-state index contributed by atoms with van der Waals surface area (Å²) in [6.45, 7) is 0.501. The number of ether oxygens (including phenoxy) is 1. The van der Waals surface area contributed by atoms with Gasteiger partial charge in [0.1, 0.15) is 5.75 Å². The summed E-state index contributed by atoms with van der Waals surface area (Å²) in [5, 5.41) is 11.1. The number of non-ortho nitro benzene ring substituents is 1. The molecule has 1 rings (SSSR count). The Morgan fingerprint density at radius 1 is 1.54 bits per heavy atom. The monoisotopic (exact) mass is 245 g/mol. The zero-order valence-corrected chi connectivity index (χ0v) is 8.36. The average molecular weight is 246 g/mol.